The molecule has 0 amide bonds. The largest absolute Gasteiger partial charge is 0.457 e. The van der Waals surface area contributed by atoms with Gasteiger partial charge in [-0.25, -0.2) is 4.98 Å². The van der Waals surface area contributed by atoms with Crippen LogP contribution in [0, 0.1) is 0 Å². The fourth-order valence-electron chi connectivity index (χ4n) is 6.97. The minimum atomic E-state index is 0.00807. The zero-order valence-corrected chi connectivity index (χ0v) is 30.3. The van der Waals surface area contributed by atoms with Crippen LogP contribution in [-0.2, 0) is 10.8 Å². The molecule has 0 saturated heterocycles. The first-order valence-corrected chi connectivity index (χ1v) is 17.7. The molecule has 0 bridgehead atoms. The lowest BCUT2D eigenvalue weighted by Crippen LogP contribution is -2.26. The van der Waals surface area contributed by atoms with E-state index in [-0.39, 0.29) is 10.8 Å². The lowest BCUT2D eigenvalue weighted by atomic mass is 9.87. The molecule has 254 valence electrons. The summed E-state index contributed by atoms with van der Waals surface area (Å²) in [4.78, 5) is 9.54. The lowest BCUT2D eigenvalue weighted by molar-refractivity contribution is 0.483. The number of pyridine rings is 1. The highest BCUT2D eigenvalue weighted by molar-refractivity contribution is 6.09. The molecule has 5 nitrogen and oxygen atoms in total. The lowest BCUT2D eigenvalue weighted by Gasteiger charge is -2.26. The molecule has 0 N–H and O–H groups in total. The molecular formula is C46H44N4O. The van der Waals surface area contributed by atoms with Gasteiger partial charge in [-0.05, 0) is 82.1 Å². The van der Waals surface area contributed by atoms with Crippen LogP contribution in [0.25, 0.3) is 33.3 Å². The van der Waals surface area contributed by atoms with Gasteiger partial charge in [0.1, 0.15) is 17.3 Å². The Balaban J connectivity index is 1.15. The number of aromatic nitrogens is 2. The number of hydrogen-bond donors (Lipinski definition) is 0. The monoisotopic (exact) mass is 668 g/mol. The summed E-state index contributed by atoms with van der Waals surface area (Å²) in [6.07, 6.45) is 4.18. The van der Waals surface area contributed by atoms with E-state index in [2.05, 4.69) is 190 Å². The van der Waals surface area contributed by atoms with E-state index in [0.29, 0.717) is 6.67 Å². The Hall–Kier alpha value is -5.81. The Morgan fingerprint density at radius 2 is 1.25 bits per heavy atom. The fourth-order valence-corrected chi connectivity index (χ4v) is 6.97. The fraction of sp³-hybridized carbons (Fsp3) is 0.196. The van der Waals surface area contributed by atoms with Crippen LogP contribution in [0.4, 0.5) is 11.4 Å². The Morgan fingerprint density at radius 3 is 2.06 bits per heavy atom. The predicted molar refractivity (Wildman–Crippen MR) is 213 cm³/mol. The average molecular weight is 669 g/mol. The van der Waals surface area contributed by atoms with Crippen molar-refractivity contribution >= 4 is 38.9 Å². The SMILES string of the molecule is CC(C)(C)c1cccc(N2C=C(c3ccccc3)N(c3cccc(Oc4ccc5c6ccccc6n(-c6cc(C(C)(C)C)ccn6)c5c4)c3)C2)c1. The van der Waals surface area contributed by atoms with Crippen molar-refractivity contribution in [3.8, 4) is 17.3 Å². The van der Waals surface area contributed by atoms with Crippen molar-refractivity contribution in [1.82, 2.24) is 9.55 Å². The average Bonchev–Trinajstić information content (AvgIpc) is 3.72. The number of para-hydroxylation sites is 1. The minimum Gasteiger partial charge on any atom is -0.457 e. The molecule has 7 aromatic rings. The van der Waals surface area contributed by atoms with Crippen LogP contribution in [0.5, 0.6) is 11.5 Å². The molecule has 0 unspecified atom stereocenters. The number of ether oxygens (including phenoxy) is 1. The third-order valence-electron chi connectivity index (χ3n) is 9.83. The van der Waals surface area contributed by atoms with Crippen molar-refractivity contribution in [2.75, 3.05) is 16.5 Å². The zero-order chi connectivity index (χ0) is 35.3. The van der Waals surface area contributed by atoms with Crippen LogP contribution in [0.1, 0.15) is 58.2 Å². The molecule has 3 heterocycles. The smallest absolute Gasteiger partial charge is 0.137 e. The first-order valence-electron chi connectivity index (χ1n) is 17.7. The van der Waals surface area contributed by atoms with Gasteiger partial charge in [0.05, 0.1) is 23.4 Å². The van der Waals surface area contributed by atoms with Crippen LogP contribution in [0.15, 0.2) is 146 Å². The first-order chi connectivity index (χ1) is 24.5. The van der Waals surface area contributed by atoms with Gasteiger partial charge in [-0.15, -0.1) is 0 Å². The van der Waals surface area contributed by atoms with E-state index in [4.69, 9.17) is 9.72 Å². The maximum Gasteiger partial charge on any atom is 0.137 e. The maximum atomic E-state index is 6.66. The van der Waals surface area contributed by atoms with Gasteiger partial charge in [0.2, 0.25) is 0 Å². The normalized spacial score (nSPS) is 13.6. The van der Waals surface area contributed by atoms with E-state index < -0.39 is 0 Å². The Bertz CT molecular complexity index is 2410. The molecule has 0 atom stereocenters. The highest BCUT2D eigenvalue weighted by Gasteiger charge is 2.26. The van der Waals surface area contributed by atoms with Crippen LogP contribution < -0.4 is 14.5 Å². The van der Waals surface area contributed by atoms with Crippen molar-refractivity contribution in [3.63, 3.8) is 0 Å². The van der Waals surface area contributed by atoms with Gasteiger partial charge < -0.3 is 14.5 Å². The minimum absolute atomic E-state index is 0.00807. The van der Waals surface area contributed by atoms with Gasteiger partial charge in [-0.1, -0.05) is 108 Å². The Kier molecular flexibility index (Phi) is 7.94. The van der Waals surface area contributed by atoms with E-state index >= 15 is 0 Å². The Labute approximate surface area is 301 Å². The van der Waals surface area contributed by atoms with E-state index in [1.807, 2.05) is 12.3 Å². The van der Waals surface area contributed by atoms with Crippen molar-refractivity contribution < 1.29 is 4.74 Å². The summed E-state index contributed by atoms with van der Waals surface area (Å²) in [5.74, 6) is 2.46. The van der Waals surface area contributed by atoms with Crippen molar-refractivity contribution in [2.24, 2.45) is 0 Å². The molecular weight excluding hydrogens is 625 g/mol. The van der Waals surface area contributed by atoms with Crippen LogP contribution in [-0.4, -0.2) is 16.2 Å². The molecule has 5 aromatic carbocycles. The summed E-state index contributed by atoms with van der Waals surface area (Å²) in [5, 5.41) is 2.36. The van der Waals surface area contributed by atoms with Gasteiger partial charge in [0.25, 0.3) is 0 Å². The molecule has 8 rings (SSSR count). The van der Waals surface area contributed by atoms with E-state index in [0.717, 1.165) is 39.7 Å². The molecule has 0 spiro atoms. The first kappa shape index (κ1) is 32.4. The topological polar surface area (TPSA) is 33.5 Å². The third kappa shape index (κ3) is 6.25. The van der Waals surface area contributed by atoms with Crippen molar-refractivity contribution in [1.29, 1.82) is 0 Å². The molecule has 1 aliphatic rings. The van der Waals surface area contributed by atoms with Crippen LogP contribution in [0.3, 0.4) is 0 Å². The number of fused-ring (bicyclic) bond motifs is 3. The molecule has 0 saturated carbocycles. The van der Waals surface area contributed by atoms with Gasteiger partial charge in [0, 0.05) is 46.7 Å². The molecule has 0 aliphatic carbocycles. The van der Waals surface area contributed by atoms with E-state index in [9.17, 15) is 0 Å². The second-order valence-electron chi connectivity index (χ2n) is 15.5. The predicted octanol–water partition coefficient (Wildman–Crippen LogP) is 11.8. The quantitative estimate of drug-likeness (QED) is 0.177. The van der Waals surface area contributed by atoms with Crippen LogP contribution in [0.2, 0.25) is 0 Å². The summed E-state index contributed by atoms with van der Waals surface area (Å²) in [6, 6.07) is 47.1. The Morgan fingerprint density at radius 1 is 0.569 bits per heavy atom. The number of rotatable bonds is 6. The zero-order valence-electron chi connectivity index (χ0n) is 30.3. The number of nitrogens with zero attached hydrogens (tertiary/aromatic N) is 4. The third-order valence-corrected chi connectivity index (χ3v) is 9.83. The van der Waals surface area contributed by atoms with Crippen molar-refractivity contribution in [2.45, 2.75) is 52.4 Å². The molecule has 0 radical (unpaired) electrons. The van der Waals surface area contributed by atoms with Crippen LogP contribution >= 0.6 is 0 Å². The highest BCUT2D eigenvalue weighted by atomic mass is 16.5. The second kappa shape index (κ2) is 12.5. The molecule has 2 aromatic heterocycles. The molecule has 0 fully saturated rings. The summed E-state index contributed by atoms with van der Waals surface area (Å²) in [6.45, 7) is 14.2. The molecule has 5 heteroatoms. The summed E-state index contributed by atoms with van der Waals surface area (Å²) in [5.41, 5.74) is 9.37. The number of benzene rings is 5. The van der Waals surface area contributed by atoms with Gasteiger partial charge >= 0.3 is 0 Å². The number of anilines is 2. The standard InChI is InChI=1S/C46H44N4O/c1-45(2,3)33-16-12-17-35(26-33)48-30-43(32-14-8-7-9-15-32)49(31-48)36-18-13-19-37(28-36)51-38-22-23-40-39-20-10-11-21-41(39)50(42(40)29-38)44-27-34(24-25-47-44)46(4,5)6/h7-30H,31H2,1-6H3. The number of hydrogen-bond acceptors (Lipinski definition) is 4. The van der Waals surface area contributed by atoms with Gasteiger partial charge in [-0.2, -0.15) is 0 Å². The highest BCUT2D eigenvalue weighted by Crippen LogP contribution is 2.39. The molecule has 51 heavy (non-hydrogen) atoms. The maximum absolute atomic E-state index is 6.66. The summed E-state index contributed by atoms with van der Waals surface area (Å²) in [7, 11) is 0. The summed E-state index contributed by atoms with van der Waals surface area (Å²) < 4.78 is 8.92. The molecule has 1 aliphatic heterocycles. The van der Waals surface area contributed by atoms with Crippen molar-refractivity contribution in [3.05, 3.63) is 163 Å². The van der Waals surface area contributed by atoms with Gasteiger partial charge in [-0.3, -0.25) is 4.57 Å². The van der Waals surface area contributed by atoms with Gasteiger partial charge in [0.15, 0.2) is 0 Å². The summed E-state index contributed by atoms with van der Waals surface area (Å²) >= 11 is 0. The second-order valence-corrected chi connectivity index (χ2v) is 15.5. The van der Waals surface area contributed by atoms with E-state index in [1.54, 1.807) is 0 Å². The van der Waals surface area contributed by atoms with E-state index in [1.165, 1.54) is 33.2 Å².